The molecule has 0 unspecified atom stereocenters. The van der Waals surface area contributed by atoms with Crippen molar-refractivity contribution in [1.29, 1.82) is 0 Å². The van der Waals surface area contributed by atoms with Gasteiger partial charge in [0.25, 0.3) is 5.56 Å². The fourth-order valence-electron chi connectivity index (χ4n) is 1.25. The third-order valence-electron chi connectivity index (χ3n) is 2.02. The molecule has 5 N–H and O–H groups in total. The number of hydrogen-bond donors (Lipinski definition) is 3. The van der Waals surface area contributed by atoms with Crippen molar-refractivity contribution in [2.24, 2.45) is 0 Å². The molecule has 0 aliphatic heterocycles. The standard InChI is InChI=1S/C10H8F2N4OS/c11-4-1-2-5(13)9(8(4)12)18-10-15-6(14)3-7(17)16-10/h1-3H,13H2,(H3,14,15,16,17). The lowest BCUT2D eigenvalue weighted by Crippen LogP contribution is -2.09. The van der Waals surface area contributed by atoms with Crippen molar-refractivity contribution in [2.45, 2.75) is 10.1 Å². The second-order valence-corrected chi connectivity index (χ2v) is 4.36. The maximum atomic E-state index is 13.5. The van der Waals surface area contributed by atoms with E-state index in [4.69, 9.17) is 11.5 Å². The van der Waals surface area contributed by atoms with Crippen LogP contribution in [0.2, 0.25) is 0 Å². The van der Waals surface area contributed by atoms with E-state index in [1.54, 1.807) is 0 Å². The smallest absolute Gasteiger partial charge is 0.253 e. The third-order valence-corrected chi connectivity index (χ3v) is 3.02. The molecular formula is C10H8F2N4OS. The van der Waals surface area contributed by atoms with Gasteiger partial charge in [0.05, 0.1) is 4.90 Å². The van der Waals surface area contributed by atoms with E-state index in [1.807, 2.05) is 0 Å². The minimum absolute atomic E-state index is 0.0170. The Bertz CT molecular complexity index is 659. The zero-order chi connectivity index (χ0) is 13.3. The first-order chi connectivity index (χ1) is 8.47. The normalized spacial score (nSPS) is 10.6. The molecule has 8 heteroatoms. The Hall–Kier alpha value is -2.09. The van der Waals surface area contributed by atoms with Crippen molar-refractivity contribution in [3.63, 3.8) is 0 Å². The lowest BCUT2D eigenvalue weighted by molar-refractivity contribution is 0.492. The van der Waals surface area contributed by atoms with E-state index in [-0.39, 0.29) is 21.6 Å². The fraction of sp³-hybridized carbons (Fsp3) is 0. The largest absolute Gasteiger partial charge is 0.398 e. The summed E-state index contributed by atoms with van der Waals surface area (Å²) in [6.07, 6.45) is 0. The maximum Gasteiger partial charge on any atom is 0.253 e. The van der Waals surface area contributed by atoms with Crippen LogP contribution in [-0.2, 0) is 0 Å². The van der Waals surface area contributed by atoms with Crippen LogP contribution in [0.5, 0.6) is 0 Å². The summed E-state index contributed by atoms with van der Waals surface area (Å²) >= 11 is 0.697. The van der Waals surface area contributed by atoms with Gasteiger partial charge in [-0.05, 0) is 23.9 Å². The molecule has 0 aliphatic rings. The quantitative estimate of drug-likeness (QED) is 0.565. The lowest BCUT2D eigenvalue weighted by atomic mass is 10.3. The molecule has 1 aromatic carbocycles. The summed E-state index contributed by atoms with van der Waals surface area (Å²) in [4.78, 5) is 17.1. The number of nitrogens with one attached hydrogen (secondary N) is 1. The van der Waals surface area contributed by atoms with Crippen LogP contribution in [-0.4, -0.2) is 9.97 Å². The second kappa shape index (κ2) is 4.65. The highest BCUT2D eigenvalue weighted by atomic mass is 32.2. The first-order valence-electron chi connectivity index (χ1n) is 4.75. The summed E-state index contributed by atoms with van der Waals surface area (Å²) in [6.45, 7) is 0. The van der Waals surface area contributed by atoms with Gasteiger partial charge in [0.1, 0.15) is 5.82 Å². The Balaban J connectivity index is 2.46. The molecule has 0 saturated heterocycles. The monoisotopic (exact) mass is 270 g/mol. The van der Waals surface area contributed by atoms with Gasteiger partial charge in [-0.1, -0.05) is 0 Å². The number of anilines is 2. The van der Waals surface area contributed by atoms with E-state index in [0.717, 1.165) is 12.1 Å². The van der Waals surface area contributed by atoms with Crippen LogP contribution in [0.1, 0.15) is 0 Å². The Labute approximate surface area is 104 Å². The molecule has 0 atom stereocenters. The molecule has 0 fully saturated rings. The number of nitrogen functional groups attached to an aromatic ring is 2. The zero-order valence-electron chi connectivity index (χ0n) is 8.91. The van der Waals surface area contributed by atoms with Crippen LogP contribution in [0, 0.1) is 11.6 Å². The molecule has 1 heterocycles. The minimum atomic E-state index is -1.09. The summed E-state index contributed by atoms with van der Waals surface area (Å²) in [5.74, 6) is -2.14. The van der Waals surface area contributed by atoms with E-state index < -0.39 is 17.2 Å². The minimum Gasteiger partial charge on any atom is -0.398 e. The topological polar surface area (TPSA) is 97.8 Å². The highest BCUT2D eigenvalue weighted by Gasteiger charge is 2.14. The molecule has 0 bridgehead atoms. The fourth-order valence-corrected chi connectivity index (χ4v) is 2.12. The Morgan fingerprint density at radius 2 is 2.00 bits per heavy atom. The van der Waals surface area contributed by atoms with Crippen LogP contribution < -0.4 is 17.0 Å². The average Bonchev–Trinajstić information content (AvgIpc) is 2.28. The van der Waals surface area contributed by atoms with Crippen molar-refractivity contribution < 1.29 is 8.78 Å². The number of aromatic amines is 1. The number of halogens is 2. The highest BCUT2D eigenvalue weighted by Crippen LogP contribution is 2.33. The van der Waals surface area contributed by atoms with Crippen molar-refractivity contribution in [2.75, 3.05) is 11.5 Å². The van der Waals surface area contributed by atoms with Crippen molar-refractivity contribution >= 4 is 23.3 Å². The summed E-state index contributed by atoms with van der Waals surface area (Å²) < 4.78 is 26.6. The molecule has 94 valence electrons. The van der Waals surface area contributed by atoms with Gasteiger partial charge in [0.15, 0.2) is 16.8 Å². The summed E-state index contributed by atoms with van der Waals surface area (Å²) in [7, 11) is 0. The molecule has 0 amide bonds. The first-order valence-corrected chi connectivity index (χ1v) is 5.57. The molecule has 2 aromatic rings. The van der Waals surface area contributed by atoms with Gasteiger partial charge in [0, 0.05) is 11.8 Å². The predicted octanol–water partition coefficient (Wildman–Crippen LogP) is 1.36. The Morgan fingerprint density at radius 1 is 1.28 bits per heavy atom. The summed E-state index contributed by atoms with van der Waals surface area (Å²) in [5, 5.41) is 0.0381. The van der Waals surface area contributed by atoms with E-state index in [0.29, 0.717) is 11.8 Å². The SMILES string of the molecule is Nc1cc(=O)[nH]c(Sc2c(N)ccc(F)c2F)n1. The molecule has 5 nitrogen and oxygen atoms in total. The van der Waals surface area contributed by atoms with E-state index >= 15 is 0 Å². The Morgan fingerprint density at radius 3 is 2.67 bits per heavy atom. The van der Waals surface area contributed by atoms with Crippen LogP contribution in [0.3, 0.4) is 0 Å². The predicted molar refractivity (Wildman–Crippen MR) is 64.2 cm³/mol. The van der Waals surface area contributed by atoms with Gasteiger partial charge >= 0.3 is 0 Å². The lowest BCUT2D eigenvalue weighted by Gasteiger charge is -2.06. The van der Waals surface area contributed by atoms with Crippen LogP contribution >= 0.6 is 11.8 Å². The van der Waals surface area contributed by atoms with Gasteiger partial charge in [-0.15, -0.1) is 0 Å². The number of nitrogens with zero attached hydrogens (tertiary/aromatic N) is 1. The molecule has 18 heavy (non-hydrogen) atoms. The number of hydrogen-bond acceptors (Lipinski definition) is 5. The van der Waals surface area contributed by atoms with Crippen molar-refractivity contribution in [1.82, 2.24) is 9.97 Å². The van der Waals surface area contributed by atoms with Crippen LogP contribution in [0.25, 0.3) is 0 Å². The molecule has 0 aliphatic carbocycles. The third kappa shape index (κ3) is 2.43. The summed E-state index contributed by atoms with van der Waals surface area (Å²) in [5.41, 5.74) is 10.5. The van der Waals surface area contributed by atoms with Gasteiger partial charge in [-0.3, -0.25) is 4.79 Å². The average molecular weight is 270 g/mol. The number of rotatable bonds is 2. The molecule has 1 aromatic heterocycles. The number of aromatic nitrogens is 2. The van der Waals surface area contributed by atoms with Gasteiger partial charge in [-0.2, -0.15) is 0 Å². The zero-order valence-corrected chi connectivity index (χ0v) is 9.72. The molecule has 0 radical (unpaired) electrons. The van der Waals surface area contributed by atoms with Crippen molar-refractivity contribution in [3.8, 4) is 0 Å². The van der Waals surface area contributed by atoms with Gasteiger partial charge in [0.2, 0.25) is 0 Å². The van der Waals surface area contributed by atoms with Crippen LogP contribution in [0.15, 0.2) is 33.0 Å². The Kier molecular flexibility index (Phi) is 3.19. The molecule has 0 spiro atoms. The van der Waals surface area contributed by atoms with Crippen molar-refractivity contribution in [3.05, 3.63) is 40.2 Å². The van der Waals surface area contributed by atoms with Gasteiger partial charge in [-0.25, -0.2) is 13.8 Å². The second-order valence-electron chi connectivity index (χ2n) is 3.36. The van der Waals surface area contributed by atoms with E-state index in [2.05, 4.69) is 9.97 Å². The molecule has 2 rings (SSSR count). The highest BCUT2D eigenvalue weighted by molar-refractivity contribution is 7.99. The molecular weight excluding hydrogens is 262 g/mol. The van der Waals surface area contributed by atoms with Gasteiger partial charge < -0.3 is 16.5 Å². The maximum absolute atomic E-state index is 13.5. The first kappa shape index (κ1) is 12.4. The van der Waals surface area contributed by atoms with E-state index in [1.165, 1.54) is 6.07 Å². The number of nitrogens with two attached hydrogens (primary N) is 2. The van der Waals surface area contributed by atoms with E-state index in [9.17, 15) is 13.6 Å². The molecule has 0 saturated carbocycles. The number of H-pyrrole nitrogens is 1. The van der Waals surface area contributed by atoms with Crippen LogP contribution in [0.4, 0.5) is 20.3 Å². The summed E-state index contributed by atoms with van der Waals surface area (Å²) in [6, 6.07) is 3.23. The number of benzene rings is 1.